The highest BCUT2D eigenvalue weighted by molar-refractivity contribution is 9.10. The maximum atomic E-state index is 5.88. The molecule has 20 heavy (non-hydrogen) atoms. The number of ether oxygens (including phenoxy) is 1. The molecule has 106 valence electrons. The summed E-state index contributed by atoms with van der Waals surface area (Å²) in [6.07, 6.45) is 2.92. The summed E-state index contributed by atoms with van der Waals surface area (Å²) in [5, 5.41) is 0. The molecule has 0 aliphatic rings. The van der Waals surface area contributed by atoms with E-state index in [0.717, 1.165) is 22.4 Å². The van der Waals surface area contributed by atoms with Crippen LogP contribution in [0.25, 0.3) is 0 Å². The minimum Gasteiger partial charge on any atom is -0.456 e. The van der Waals surface area contributed by atoms with E-state index in [1.807, 2.05) is 25.1 Å². The van der Waals surface area contributed by atoms with Crippen LogP contribution in [0, 0.1) is 0 Å². The van der Waals surface area contributed by atoms with Gasteiger partial charge in [0.2, 0.25) is 0 Å². The fourth-order valence-corrected chi connectivity index (χ4v) is 2.81. The molecular formula is C16H18BrNOS. The SMILES string of the molecule is CSc1ccc(Oc2ccc(CC(C)N)cc2Br)cc1. The summed E-state index contributed by atoms with van der Waals surface area (Å²) >= 11 is 5.27. The van der Waals surface area contributed by atoms with Crippen molar-refractivity contribution in [1.82, 2.24) is 0 Å². The van der Waals surface area contributed by atoms with Crippen molar-refractivity contribution in [3.8, 4) is 11.5 Å². The van der Waals surface area contributed by atoms with Crippen LogP contribution in [0.4, 0.5) is 0 Å². The largest absolute Gasteiger partial charge is 0.456 e. The van der Waals surface area contributed by atoms with Gasteiger partial charge in [-0.15, -0.1) is 11.8 Å². The van der Waals surface area contributed by atoms with E-state index in [4.69, 9.17) is 10.5 Å². The molecule has 0 fully saturated rings. The second-order valence-corrected chi connectivity index (χ2v) is 6.46. The average molecular weight is 352 g/mol. The lowest BCUT2D eigenvalue weighted by Gasteiger charge is -2.11. The second-order valence-electron chi connectivity index (χ2n) is 4.72. The summed E-state index contributed by atoms with van der Waals surface area (Å²) < 4.78 is 6.83. The molecule has 0 amide bonds. The Bertz CT molecular complexity index is 569. The lowest BCUT2D eigenvalue weighted by atomic mass is 10.1. The first-order valence-corrected chi connectivity index (χ1v) is 8.46. The Labute approximate surface area is 132 Å². The van der Waals surface area contributed by atoms with Crippen LogP contribution in [-0.2, 0) is 6.42 Å². The molecule has 0 spiro atoms. The van der Waals surface area contributed by atoms with E-state index in [9.17, 15) is 0 Å². The second kappa shape index (κ2) is 7.16. The van der Waals surface area contributed by atoms with Gasteiger partial charge in [-0.2, -0.15) is 0 Å². The standard InChI is InChI=1S/C16H18BrNOS/c1-11(18)9-12-3-8-16(15(17)10-12)19-13-4-6-14(20-2)7-5-13/h3-8,10-11H,9,18H2,1-2H3. The van der Waals surface area contributed by atoms with Crippen LogP contribution in [0.15, 0.2) is 51.8 Å². The van der Waals surface area contributed by atoms with Gasteiger partial charge in [0.05, 0.1) is 4.47 Å². The minimum absolute atomic E-state index is 0.160. The molecule has 0 bridgehead atoms. The van der Waals surface area contributed by atoms with Crippen molar-refractivity contribution >= 4 is 27.7 Å². The zero-order valence-corrected chi connectivity index (χ0v) is 14.0. The first-order valence-electron chi connectivity index (χ1n) is 6.44. The molecule has 4 heteroatoms. The number of hydrogen-bond donors (Lipinski definition) is 1. The van der Waals surface area contributed by atoms with Crippen molar-refractivity contribution < 1.29 is 4.74 Å². The Balaban J connectivity index is 2.12. The third kappa shape index (κ3) is 4.27. The van der Waals surface area contributed by atoms with E-state index in [2.05, 4.69) is 46.5 Å². The van der Waals surface area contributed by atoms with Gasteiger partial charge in [0.15, 0.2) is 0 Å². The van der Waals surface area contributed by atoms with Crippen LogP contribution in [-0.4, -0.2) is 12.3 Å². The lowest BCUT2D eigenvalue weighted by molar-refractivity contribution is 0.479. The van der Waals surface area contributed by atoms with Crippen molar-refractivity contribution in [2.45, 2.75) is 24.3 Å². The molecule has 0 aromatic heterocycles. The molecule has 2 aromatic carbocycles. The topological polar surface area (TPSA) is 35.2 Å². The highest BCUT2D eigenvalue weighted by atomic mass is 79.9. The number of nitrogens with two attached hydrogens (primary N) is 1. The van der Waals surface area contributed by atoms with Gasteiger partial charge in [-0.05, 0) is 77.5 Å². The zero-order valence-electron chi connectivity index (χ0n) is 11.6. The smallest absolute Gasteiger partial charge is 0.141 e. The van der Waals surface area contributed by atoms with E-state index in [-0.39, 0.29) is 6.04 Å². The molecular weight excluding hydrogens is 334 g/mol. The Kier molecular flexibility index (Phi) is 5.52. The molecule has 1 unspecified atom stereocenters. The average Bonchev–Trinajstić information content (AvgIpc) is 2.42. The van der Waals surface area contributed by atoms with Crippen LogP contribution in [0.1, 0.15) is 12.5 Å². The van der Waals surface area contributed by atoms with Crippen LogP contribution in [0.3, 0.4) is 0 Å². The minimum atomic E-state index is 0.160. The Morgan fingerprint density at radius 1 is 1.20 bits per heavy atom. The highest BCUT2D eigenvalue weighted by Gasteiger charge is 2.06. The van der Waals surface area contributed by atoms with E-state index < -0.39 is 0 Å². The maximum absolute atomic E-state index is 5.88. The monoisotopic (exact) mass is 351 g/mol. The fourth-order valence-electron chi connectivity index (χ4n) is 1.90. The highest BCUT2D eigenvalue weighted by Crippen LogP contribution is 2.31. The van der Waals surface area contributed by atoms with E-state index in [1.54, 1.807) is 11.8 Å². The van der Waals surface area contributed by atoms with Gasteiger partial charge in [-0.3, -0.25) is 0 Å². The van der Waals surface area contributed by atoms with E-state index >= 15 is 0 Å². The molecule has 0 saturated heterocycles. The van der Waals surface area contributed by atoms with Gasteiger partial charge < -0.3 is 10.5 Å². The lowest BCUT2D eigenvalue weighted by Crippen LogP contribution is -2.17. The molecule has 2 rings (SSSR count). The van der Waals surface area contributed by atoms with Gasteiger partial charge in [0.1, 0.15) is 11.5 Å². The number of benzene rings is 2. The molecule has 1 atom stereocenters. The number of thioether (sulfide) groups is 1. The summed E-state index contributed by atoms with van der Waals surface area (Å²) in [5.41, 5.74) is 7.02. The normalized spacial score (nSPS) is 12.2. The first kappa shape index (κ1) is 15.4. The van der Waals surface area contributed by atoms with E-state index in [0.29, 0.717) is 0 Å². The Morgan fingerprint density at radius 2 is 1.90 bits per heavy atom. The maximum Gasteiger partial charge on any atom is 0.141 e. The molecule has 0 heterocycles. The van der Waals surface area contributed by atoms with Crippen LogP contribution in [0.2, 0.25) is 0 Å². The summed E-state index contributed by atoms with van der Waals surface area (Å²) in [5.74, 6) is 1.65. The third-order valence-corrected chi connectivity index (χ3v) is 4.20. The summed E-state index contributed by atoms with van der Waals surface area (Å²) in [6, 6.07) is 14.3. The summed E-state index contributed by atoms with van der Waals surface area (Å²) in [7, 11) is 0. The molecule has 2 aromatic rings. The Hall–Kier alpha value is -0.970. The van der Waals surface area contributed by atoms with Gasteiger partial charge >= 0.3 is 0 Å². The predicted octanol–water partition coefficient (Wildman–Crippen LogP) is 4.85. The van der Waals surface area contributed by atoms with Crippen molar-refractivity contribution in [2.24, 2.45) is 5.73 Å². The quantitative estimate of drug-likeness (QED) is 0.781. The van der Waals surface area contributed by atoms with Crippen molar-refractivity contribution in [3.63, 3.8) is 0 Å². The van der Waals surface area contributed by atoms with E-state index in [1.165, 1.54) is 10.5 Å². The van der Waals surface area contributed by atoms with Crippen LogP contribution in [0.5, 0.6) is 11.5 Å². The van der Waals surface area contributed by atoms with Crippen LogP contribution < -0.4 is 10.5 Å². The van der Waals surface area contributed by atoms with Gasteiger partial charge in [-0.1, -0.05) is 6.07 Å². The summed E-state index contributed by atoms with van der Waals surface area (Å²) in [4.78, 5) is 1.23. The molecule has 0 aliphatic carbocycles. The number of hydrogen-bond acceptors (Lipinski definition) is 3. The van der Waals surface area contributed by atoms with Crippen molar-refractivity contribution in [2.75, 3.05) is 6.26 Å². The predicted molar refractivity (Wildman–Crippen MR) is 89.8 cm³/mol. The number of rotatable bonds is 5. The fraction of sp³-hybridized carbons (Fsp3) is 0.250. The molecule has 0 saturated carbocycles. The van der Waals surface area contributed by atoms with Crippen molar-refractivity contribution in [3.05, 3.63) is 52.5 Å². The molecule has 0 aliphatic heterocycles. The zero-order chi connectivity index (χ0) is 14.5. The van der Waals surface area contributed by atoms with Gasteiger partial charge in [-0.25, -0.2) is 0 Å². The molecule has 2 nitrogen and oxygen atoms in total. The van der Waals surface area contributed by atoms with Crippen LogP contribution >= 0.6 is 27.7 Å². The Morgan fingerprint density at radius 3 is 2.45 bits per heavy atom. The third-order valence-electron chi connectivity index (χ3n) is 2.84. The molecule has 0 radical (unpaired) electrons. The molecule has 2 N–H and O–H groups in total. The number of halogens is 1. The van der Waals surface area contributed by atoms with Gasteiger partial charge in [0, 0.05) is 10.9 Å². The van der Waals surface area contributed by atoms with Crippen molar-refractivity contribution in [1.29, 1.82) is 0 Å². The summed E-state index contributed by atoms with van der Waals surface area (Å²) in [6.45, 7) is 2.01. The first-order chi connectivity index (χ1) is 9.58. The van der Waals surface area contributed by atoms with Gasteiger partial charge in [0.25, 0.3) is 0 Å².